The molecule has 1 aromatic heterocycles. The smallest absolute Gasteiger partial charge is 0.224 e. The normalized spacial score (nSPS) is 20.2. The maximum atomic E-state index is 12.5. The molecule has 1 aliphatic heterocycles. The van der Waals surface area contributed by atoms with Gasteiger partial charge in [-0.2, -0.15) is 5.10 Å². The van der Waals surface area contributed by atoms with Crippen LogP contribution in [-0.4, -0.2) is 51.0 Å². The van der Waals surface area contributed by atoms with Gasteiger partial charge in [0.15, 0.2) is 0 Å². The van der Waals surface area contributed by atoms with Crippen LogP contribution >= 0.6 is 0 Å². The Morgan fingerprint density at radius 2 is 2.19 bits per heavy atom. The molecule has 1 atom stereocenters. The quantitative estimate of drug-likeness (QED) is 0.862. The highest BCUT2D eigenvalue weighted by Gasteiger charge is 2.35. The second-order valence-corrected chi connectivity index (χ2v) is 7.22. The molecule has 1 aliphatic rings. The molecule has 1 amide bonds. The summed E-state index contributed by atoms with van der Waals surface area (Å²) in [5, 5.41) is 15.2. The average Bonchev–Trinajstić information content (AvgIpc) is 3.03. The second kappa shape index (κ2) is 7.91. The van der Waals surface area contributed by atoms with Gasteiger partial charge in [-0.15, -0.1) is 0 Å². The summed E-state index contributed by atoms with van der Waals surface area (Å²) in [4.78, 5) is 14.3. The van der Waals surface area contributed by atoms with Crippen LogP contribution in [0.25, 0.3) is 0 Å². The van der Waals surface area contributed by atoms with Crippen molar-refractivity contribution in [1.29, 1.82) is 0 Å². The Hall–Kier alpha value is -2.34. The lowest BCUT2D eigenvalue weighted by atomic mass is 9.93. The molecule has 26 heavy (non-hydrogen) atoms. The van der Waals surface area contributed by atoms with Crippen molar-refractivity contribution in [3.8, 4) is 5.75 Å². The molecule has 6 nitrogen and oxygen atoms in total. The summed E-state index contributed by atoms with van der Waals surface area (Å²) in [6.45, 7) is 5.68. The first-order chi connectivity index (χ1) is 12.4. The van der Waals surface area contributed by atoms with Gasteiger partial charge < -0.3 is 14.7 Å². The Bertz CT molecular complexity index is 758. The molecule has 2 heterocycles. The largest absolute Gasteiger partial charge is 0.491 e. The van der Waals surface area contributed by atoms with E-state index in [0.717, 1.165) is 23.4 Å². The summed E-state index contributed by atoms with van der Waals surface area (Å²) in [5.74, 6) is 0.794. The minimum absolute atomic E-state index is 0.0480. The molecule has 0 bridgehead atoms. The minimum Gasteiger partial charge on any atom is -0.491 e. The summed E-state index contributed by atoms with van der Waals surface area (Å²) >= 11 is 0. The number of nitrogens with zero attached hydrogens (tertiary/aromatic N) is 3. The molecule has 0 radical (unpaired) electrons. The van der Waals surface area contributed by atoms with E-state index >= 15 is 0 Å². The van der Waals surface area contributed by atoms with E-state index in [1.54, 1.807) is 9.58 Å². The van der Waals surface area contributed by atoms with Gasteiger partial charge in [-0.3, -0.25) is 9.48 Å². The van der Waals surface area contributed by atoms with Gasteiger partial charge in [-0.25, -0.2) is 0 Å². The summed E-state index contributed by atoms with van der Waals surface area (Å²) in [7, 11) is 0. The first kappa shape index (κ1) is 18.5. The number of aromatic nitrogens is 2. The highest BCUT2D eigenvalue weighted by molar-refractivity contribution is 5.76. The van der Waals surface area contributed by atoms with Crippen molar-refractivity contribution < 1.29 is 14.6 Å². The fraction of sp³-hybridized carbons (Fsp3) is 0.500. The van der Waals surface area contributed by atoms with Gasteiger partial charge in [-0.05, 0) is 50.5 Å². The van der Waals surface area contributed by atoms with E-state index in [0.29, 0.717) is 32.5 Å². The van der Waals surface area contributed by atoms with Crippen molar-refractivity contribution in [1.82, 2.24) is 14.7 Å². The SMILES string of the molecule is Cc1cccc(OCC2(O)CCCN(C(=O)CCn3ccc(C)n3)C2)c1. The molecular weight excluding hydrogens is 330 g/mol. The van der Waals surface area contributed by atoms with Crippen LogP contribution in [0, 0.1) is 13.8 Å². The van der Waals surface area contributed by atoms with Gasteiger partial charge in [0.1, 0.15) is 18.0 Å². The maximum Gasteiger partial charge on any atom is 0.224 e. The number of rotatable bonds is 6. The number of aryl methyl sites for hydroxylation is 3. The average molecular weight is 357 g/mol. The van der Waals surface area contributed by atoms with Crippen LogP contribution in [-0.2, 0) is 11.3 Å². The molecule has 0 saturated carbocycles. The Morgan fingerprint density at radius 1 is 1.35 bits per heavy atom. The molecule has 0 aliphatic carbocycles. The van der Waals surface area contributed by atoms with E-state index in [1.807, 2.05) is 50.4 Å². The number of carbonyl (C=O) groups excluding carboxylic acids is 1. The molecule has 2 aromatic rings. The summed E-state index contributed by atoms with van der Waals surface area (Å²) in [5.41, 5.74) is 1.06. The number of amides is 1. The Morgan fingerprint density at radius 3 is 2.92 bits per heavy atom. The van der Waals surface area contributed by atoms with Crippen molar-refractivity contribution in [3.63, 3.8) is 0 Å². The Kier molecular flexibility index (Phi) is 5.61. The molecule has 1 unspecified atom stereocenters. The van der Waals surface area contributed by atoms with E-state index in [9.17, 15) is 9.90 Å². The van der Waals surface area contributed by atoms with Gasteiger partial charge in [0.2, 0.25) is 5.91 Å². The number of hydrogen-bond acceptors (Lipinski definition) is 4. The highest BCUT2D eigenvalue weighted by Crippen LogP contribution is 2.24. The third kappa shape index (κ3) is 4.85. The lowest BCUT2D eigenvalue weighted by Crippen LogP contribution is -2.53. The van der Waals surface area contributed by atoms with E-state index in [2.05, 4.69) is 5.10 Å². The topological polar surface area (TPSA) is 67.6 Å². The van der Waals surface area contributed by atoms with Crippen LogP contribution in [0.4, 0.5) is 0 Å². The number of carbonyl (C=O) groups is 1. The molecule has 3 rings (SSSR count). The van der Waals surface area contributed by atoms with Gasteiger partial charge in [0, 0.05) is 25.7 Å². The molecule has 0 spiro atoms. The molecular formula is C20H27N3O3. The lowest BCUT2D eigenvalue weighted by Gasteiger charge is -2.39. The van der Waals surface area contributed by atoms with E-state index in [1.165, 1.54) is 0 Å². The van der Waals surface area contributed by atoms with Crippen LogP contribution in [0.15, 0.2) is 36.5 Å². The highest BCUT2D eigenvalue weighted by atomic mass is 16.5. The Labute approximate surface area is 154 Å². The fourth-order valence-corrected chi connectivity index (χ4v) is 3.32. The third-order valence-corrected chi connectivity index (χ3v) is 4.73. The van der Waals surface area contributed by atoms with Crippen LogP contribution in [0.3, 0.4) is 0 Å². The predicted octanol–water partition coefficient (Wildman–Crippen LogP) is 2.32. The number of aliphatic hydroxyl groups is 1. The molecule has 1 saturated heterocycles. The van der Waals surface area contributed by atoms with E-state index in [-0.39, 0.29) is 12.5 Å². The number of benzene rings is 1. The number of ether oxygens (including phenoxy) is 1. The van der Waals surface area contributed by atoms with Gasteiger partial charge in [0.25, 0.3) is 0 Å². The van der Waals surface area contributed by atoms with Crippen LogP contribution in [0.2, 0.25) is 0 Å². The van der Waals surface area contributed by atoms with Gasteiger partial charge >= 0.3 is 0 Å². The second-order valence-electron chi connectivity index (χ2n) is 7.22. The predicted molar refractivity (Wildman–Crippen MR) is 99.0 cm³/mol. The molecule has 6 heteroatoms. The third-order valence-electron chi connectivity index (χ3n) is 4.73. The number of hydrogen-bond donors (Lipinski definition) is 1. The van der Waals surface area contributed by atoms with Crippen molar-refractivity contribution in [2.75, 3.05) is 19.7 Å². The van der Waals surface area contributed by atoms with Crippen molar-refractivity contribution >= 4 is 5.91 Å². The zero-order valence-electron chi connectivity index (χ0n) is 15.5. The standard InChI is InChI=1S/C20H27N3O3/c1-16-5-3-6-18(13-16)26-15-20(25)9-4-10-22(14-20)19(24)8-12-23-11-7-17(2)21-23/h3,5-7,11,13,25H,4,8-10,12,14-15H2,1-2H3. The number of piperidine rings is 1. The van der Waals surface area contributed by atoms with Crippen molar-refractivity contribution in [2.24, 2.45) is 0 Å². The number of β-amino-alcohol motifs (C(OH)–C–C–N with tert-alkyl or cyclic N) is 1. The monoisotopic (exact) mass is 357 g/mol. The first-order valence-corrected chi connectivity index (χ1v) is 9.13. The van der Waals surface area contributed by atoms with Crippen molar-refractivity contribution in [2.45, 2.75) is 45.3 Å². The zero-order valence-corrected chi connectivity index (χ0v) is 15.5. The van der Waals surface area contributed by atoms with Gasteiger partial charge in [0.05, 0.1) is 12.2 Å². The summed E-state index contributed by atoms with van der Waals surface area (Å²) in [6.07, 6.45) is 3.68. The minimum atomic E-state index is -1.00. The molecule has 1 N–H and O–H groups in total. The molecule has 1 aromatic carbocycles. The lowest BCUT2D eigenvalue weighted by molar-refractivity contribution is -0.140. The molecule has 1 fully saturated rings. The van der Waals surface area contributed by atoms with Gasteiger partial charge in [-0.1, -0.05) is 12.1 Å². The zero-order chi connectivity index (χ0) is 18.6. The number of likely N-dealkylation sites (tertiary alicyclic amines) is 1. The summed E-state index contributed by atoms with van der Waals surface area (Å²) < 4.78 is 7.57. The van der Waals surface area contributed by atoms with Crippen LogP contribution < -0.4 is 4.74 Å². The maximum absolute atomic E-state index is 12.5. The fourth-order valence-electron chi connectivity index (χ4n) is 3.32. The van der Waals surface area contributed by atoms with E-state index < -0.39 is 5.60 Å². The summed E-state index contributed by atoms with van der Waals surface area (Å²) in [6, 6.07) is 9.69. The molecule has 140 valence electrons. The van der Waals surface area contributed by atoms with E-state index in [4.69, 9.17) is 4.74 Å². The van der Waals surface area contributed by atoms with Crippen molar-refractivity contribution in [3.05, 3.63) is 47.8 Å². The van der Waals surface area contributed by atoms with Crippen LogP contribution in [0.5, 0.6) is 5.75 Å². The van der Waals surface area contributed by atoms with Crippen LogP contribution in [0.1, 0.15) is 30.5 Å². The Balaban J connectivity index is 1.52. The first-order valence-electron chi connectivity index (χ1n) is 9.13.